The Kier molecular flexibility index (Phi) is 7.29. The number of nitrogens with zero attached hydrogens (tertiary/aromatic N) is 2. The van der Waals surface area contributed by atoms with Crippen LogP contribution in [0.2, 0.25) is 0 Å². The molecule has 2 heterocycles. The topological polar surface area (TPSA) is 79.3 Å². The molecule has 4 rings (SSSR count). The fourth-order valence-electron chi connectivity index (χ4n) is 4.48. The van der Waals surface area contributed by atoms with E-state index in [9.17, 15) is 19.1 Å². The Morgan fingerprint density at radius 3 is 2.47 bits per heavy atom. The molecule has 180 valence electrons. The number of hydrogen-bond donors (Lipinski definition) is 1. The SMILES string of the molecule is CCOc1ccc(C(O)=C2C(=O)C(=O)N(CCN3CCOCC3)C2c2ccc(F)cc2)c(C)c1. The number of morpholine rings is 1. The Bertz CT molecular complexity index is 1090. The largest absolute Gasteiger partial charge is 0.507 e. The van der Waals surface area contributed by atoms with Crippen LogP contribution in [0, 0.1) is 12.7 Å². The third-order valence-electron chi connectivity index (χ3n) is 6.25. The van der Waals surface area contributed by atoms with Crippen LogP contribution in [0.25, 0.3) is 5.76 Å². The molecular weight excluding hydrogens is 439 g/mol. The molecule has 2 aliphatic rings. The lowest BCUT2D eigenvalue weighted by atomic mass is 9.94. The van der Waals surface area contributed by atoms with Gasteiger partial charge in [0.25, 0.3) is 11.7 Å². The Labute approximate surface area is 198 Å². The zero-order valence-electron chi connectivity index (χ0n) is 19.4. The monoisotopic (exact) mass is 468 g/mol. The molecule has 2 aromatic rings. The van der Waals surface area contributed by atoms with E-state index in [2.05, 4.69) is 4.90 Å². The van der Waals surface area contributed by atoms with Crippen molar-refractivity contribution in [2.24, 2.45) is 0 Å². The predicted octanol–water partition coefficient (Wildman–Crippen LogP) is 3.29. The minimum Gasteiger partial charge on any atom is -0.507 e. The Morgan fingerprint density at radius 2 is 1.82 bits per heavy atom. The van der Waals surface area contributed by atoms with Crippen molar-refractivity contribution in [2.45, 2.75) is 19.9 Å². The average molecular weight is 469 g/mol. The number of aliphatic hydroxyl groups is 1. The van der Waals surface area contributed by atoms with Crippen molar-refractivity contribution < 1.29 is 28.6 Å². The summed E-state index contributed by atoms with van der Waals surface area (Å²) in [5.74, 6) is -1.44. The summed E-state index contributed by atoms with van der Waals surface area (Å²) in [5, 5.41) is 11.3. The van der Waals surface area contributed by atoms with Crippen molar-refractivity contribution >= 4 is 17.4 Å². The highest BCUT2D eigenvalue weighted by molar-refractivity contribution is 6.46. The number of hydrogen-bond acceptors (Lipinski definition) is 6. The van der Waals surface area contributed by atoms with Gasteiger partial charge in [-0.25, -0.2) is 4.39 Å². The number of aryl methyl sites for hydroxylation is 1. The summed E-state index contributed by atoms with van der Waals surface area (Å²) in [5.41, 5.74) is 1.72. The van der Waals surface area contributed by atoms with Crippen molar-refractivity contribution in [3.05, 3.63) is 70.5 Å². The molecule has 1 N–H and O–H groups in total. The normalized spacial score (nSPS) is 20.7. The van der Waals surface area contributed by atoms with Crippen LogP contribution in [-0.2, 0) is 14.3 Å². The maximum atomic E-state index is 13.7. The second-order valence-electron chi connectivity index (χ2n) is 8.41. The molecule has 2 aromatic carbocycles. The minimum absolute atomic E-state index is 0.00541. The van der Waals surface area contributed by atoms with Crippen LogP contribution in [0.1, 0.15) is 29.7 Å². The zero-order chi connectivity index (χ0) is 24.2. The number of halogens is 1. The molecule has 2 saturated heterocycles. The minimum atomic E-state index is -0.812. The first-order valence-electron chi connectivity index (χ1n) is 11.5. The Balaban J connectivity index is 1.74. The fourth-order valence-corrected chi connectivity index (χ4v) is 4.48. The first kappa shape index (κ1) is 23.9. The van der Waals surface area contributed by atoms with Gasteiger partial charge < -0.3 is 19.5 Å². The van der Waals surface area contributed by atoms with Gasteiger partial charge in [-0.05, 0) is 55.3 Å². The van der Waals surface area contributed by atoms with Crippen molar-refractivity contribution in [3.63, 3.8) is 0 Å². The van der Waals surface area contributed by atoms with E-state index in [0.717, 1.165) is 13.1 Å². The van der Waals surface area contributed by atoms with E-state index in [1.807, 2.05) is 6.92 Å². The molecule has 0 aromatic heterocycles. The van der Waals surface area contributed by atoms with Gasteiger partial charge in [0.2, 0.25) is 0 Å². The van der Waals surface area contributed by atoms with Crippen molar-refractivity contribution in [2.75, 3.05) is 46.0 Å². The summed E-state index contributed by atoms with van der Waals surface area (Å²) in [4.78, 5) is 29.9. The number of ether oxygens (including phenoxy) is 2. The van der Waals surface area contributed by atoms with E-state index in [4.69, 9.17) is 9.47 Å². The smallest absolute Gasteiger partial charge is 0.295 e. The summed E-state index contributed by atoms with van der Waals surface area (Å²) < 4.78 is 24.5. The summed E-state index contributed by atoms with van der Waals surface area (Å²) in [6.07, 6.45) is 0. The summed E-state index contributed by atoms with van der Waals surface area (Å²) >= 11 is 0. The fraction of sp³-hybridized carbons (Fsp3) is 0.385. The zero-order valence-corrected chi connectivity index (χ0v) is 19.4. The van der Waals surface area contributed by atoms with E-state index < -0.39 is 23.5 Å². The number of Topliss-reactive ketones (excluding diaryl/α,β-unsaturated/α-hetero) is 1. The number of aliphatic hydroxyl groups excluding tert-OH is 1. The van der Waals surface area contributed by atoms with Gasteiger partial charge in [0.1, 0.15) is 17.3 Å². The average Bonchev–Trinajstić information content (AvgIpc) is 3.08. The predicted molar refractivity (Wildman–Crippen MR) is 125 cm³/mol. The summed E-state index contributed by atoms with van der Waals surface area (Å²) in [6, 6.07) is 10.0. The van der Waals surface area contributed by atoms with Crippen LogP contribution < -0.4 is 4.74 Å². The quantitative estimate of drug-likeness (QED) is 0.382. The number of carbonyl (C=O) groups is 2. The first-order chi connectivity index (χ1) is 16.4. The highest BCUT2D eigenvalue weighted by Gasteiger charge is 2.46. The summed E-state index contributed by atoms with van der Waals surface area (Å²) in [6.45, 7) is 7.79. The lowest BCUT2D eigenvalue weighted by Crippen LogP contribution is -2.42. The molecule has 0 aliphatic carbocycles. The molecule has 1 unspecified atom stereocenters. The van der Waals surface area contributed by atoms with Crippen LogP contribution in [0.5, 0.6) is 5.75 Å². The molecule has 7 nitrogen and oxygen atoms in total. The maximum Gasteiger partial charge on any atom is 0.295 e. The standard InChI is InChI=1S/C26H29FN2O5/c1-3-34-20-8-9-21(17(2)16-20)24(30)22-23(18-4-6-19(27)7-5-18)29(26(32)25(22)31)11-10-28-12-14-33-15-13-28/h4-9,16,23,30H,3,10-15H2,1-2H3. The highest BCUT2D eigenvalue weighted by Crippen LogP contribution is 2.40. The van der Waals surface area contributed by atoms with Gasteiger partial charge in [-0.2, -0.15) is 0 Å². The molecule has 1 amide bonds. The number of amides is 1. The Hall–Kier alpha value is -3.23. The van der Waals surface area contributed by atoms with Crippen LogP contribution in [0.4, 0.5) is 4.39 Å². The lowest BCUT2D eigenvalue weighted by Gasteiger charge is -2.31. The van der Waals surface area contributed by atoms with Crippen molar-refractivity contribution in [1.82, 2.24) is 9.80 Å². The van der Waals surface area contributed by atoms with Gasteiger partial charge in [0, 0.05) is 31.7 Å². The van der Waals surface area contributed by atoms with Gasteiger partial charge >= 0.3 is 0 Å². The molecule has 8 heteroatoms. The first-order valence-corrected chi connectivity index (χ1v) is 11.5. The maximum absolute atomic E-state index is 13.7. The van der Waals surface area contributed by atoms with Crippen LogP contribution in [0.15, 0.2) is 48.0 Å². The summed E-state index contributed by atoms with van der Waals surface area (Å²) in [7, 11) is 0. The van der Waals surface area contributed by atoms with Gasteiger partial charge in [-0.3, -0.25) is 14.5 Å². The molecule has 2 aliphatic heterocycles. The lowest BCUT2D eigenvalue weighted by molar-refractivity contribution is -0.140. The van der Waals surface area contributed by atoms with Gasteiger partial charge in [-0.1, -0.05) is 12.1 Å². The van der Waals surface area contributed by atoms with Crippen LogP contribution in [-0.4, -0.2) is 72.6 Å². The van der Waals surface area contributed by atoms with Crippen LogP contribution >= 0.6 is 0 Å². The van der Waals surface area contributed by atoms with Gasteiger partial charge in [0.15, 0.2) is 0 Å². The second kappa shape index (κ2) is 10.4. The van der Waals surface area contributed by atoms with E-state index in [1.165, 1.54) is 17.0 Å². The van der Waals surface area contributed by atoms with E-state index in [-0.39, 0.29) is 11.3 Å². The molecule has 0 bridgehead atoms. The molecule has 0 saturated carbocycles. The van der Waals surface area contributed by atoms with E-state index in [1.54, 1.807) is 37.3 Å². The number of ketones is 1. The van der Waals surface area contributed by atoms with Crippen molar-refractivity contribution in [1.29, 1.82) is 0 Å². The molecular formula is C26H29FN2O5. The van der Waals surface area contributed by atoms with Crippen molar-refractivity contribution in [3.8, 4) is 5.75 Å². The van der Waals surface area contributed by atoms with Gasteiger partial charge in [-0.15, -0.1) is 0 Å². The number of likely N-dealkylation sites (tertiary alicyclic amines) is 1. The van der Waals surface area contributed by atoms with E-state index in [0.29, 0.717) is 55.4 Å². The molecule has 1 atom stereocenters. The number of carbonyl (C=O) groups excluding carboxylic acids is 2. The Morgan fingerprint density at radius 1 is 1.12 bits per heavy atom. The second-order valence-corrected chi connectivity index (χ2v) is 8.41. The highest BCUT2D eigenvalue weighted by atomic mass is 19.1. The third kappa shape index (κ3) is 4.83. The van der Waals surface area contributed by atoms with Crippen LogP contribution in [0.3, 0.4) is 0 Å². The third-order valence-corrected chi connectivity index (χ3v) is 6.25. The van der Waals surface area contributed by atoms with E-state index >= 15 is 0 Å². The van der Waals surface area contributed by atoms with Gasteiger partial charge in [0.05, 0.1) is 31.4 Å². The number of rotatable bonds is 7. The molecule has 0 spiro atoms. The number of benzene rings is 2. The molecule has 34 heavy (non-hydrogen) atoms. The molecule has 0 radical (unpaired) electrons. The molecule has 2 fully saturated rings.